The highest BCUT2D eigenvalue weighted by atomic mass is 19.3. The van der Waals surface area contributed by atoms with Gasteiger partial charge in [-0.2, -0.15) is 8.78 Å². The summed E-state index contributed by atoms with van der Waals surface area (Å²) >= 11 is 0. The highest BCUT2D eigenvalue weighted by molar-refractivity contribution is 6.12. The topological polar surface area (TPSA) is 88.4 Å². The summed E-state index contributed by atoms with van der Waals surface area (Å²) in [5, 5.41) is 4.07. The Morgan fingerprint density at radius 3 is 2.74 bits per heavy atom. The first-order valence-electron chi connectivity index (χ1n) is 6.58. The molecule has 3 amide bonds. The van der Waals surface area contributed by atoms with Crippen LogP contribution in [0.15, 0.2) is 41.0 Å². The highest BCUT2D eigenvalue weighted by Crippen LogP contribution is 2.34. The van der Waals surface area contributed by atoms with Crippen molar-refractivity contribution in [3.8, 4) is 0 Å². The smallest absolute Gasteiger partial charge is 0.351 e. The molecule has 0 bridgehead atoms. The lowest BCUT2D eigenvalue weighted by Gasteiger charge is -2.24. The summed E-state index contributed by atoms with van der Waals surface area (Å²) in [5.41, 5.74) is -1.20. The van der Waals surface area contributed by atoms with Gasteiger partial charge in [-0.1, -0.05) is 0 Å². The lowest BCUT2D eigenvalue weighted by molar-refractivity contribution is -0.146. The van der Waals surface area contributed by atoms with Crippen molar-refractivity contribution in [3.05, 3.63) is 59.0 Å². The summed E-state index contributed by atoms with van der Waals surface area (Å²) in [5.74, 6) is -6.63. The maximum Gasteiger partial charge on any atom is 0.351 e. The SMILES string of the molecule is O=C(NCc1ccco1)c1ccc2c(c1)C(F)(F)C(=O)NC2=O. The maximum atomic E-state index is 13.9. The second-order valence-corrected chi connectivity index (χ2v) is 4.88. The van der Waals surface area contributed by atoms with Crippen LogP contribution in [0.25, 0.3) is 0 Å². The minimum absolute atomic E-state index is 0.0821. The number of benzene rings is 1. The fraction of sp³-hybridized carbons (Fsp3) is 0.133. The van der Waals surface area contributed by atoms with Crippen LogP contribution in [0.1, 0.15) is 32.0 Å². The number of hydrogen-bond donors (Lipinski definition) is 2. The Bertz CT molecular complexity index is 800. The van der Waals surface area contributed by atoms with E-state index in [1.54, 1.807) is 17.4 Å². The largest absolute Gasteiger partial charge is 0.467 e. The van der Waals surface area contributed by atoms with E-state index in [1.807, 2.05) is 0 Å². The lowest BCUT2D eigenvalue weighted by atomic mass is 9.94. The van der Waals surface area contributed by atoms with Gasteiger partial charge in [0.05, 0.1) is 12.8 Å². The molecule has 2 aromatic rings. The molecule has 0 saturated carbocycles. The first-order chi connectivity index (χ1) is 10.9. The predicted octanol–water partition coefficient (Wildman–Crippen LogP) is 1.57. The molecular formula is C15H10F2N2O4. The van der Waals surface area contributed by atoms with Gasteiger partial charge < -0.3 is 9.73 Å². The maximum absolute atomic E-state index is 13.9. The van der Waals surface area contributed by atoms with E-state index >= 15 is 0 Å². The molecule has 0 radical (unpaired) electrons. The molecule has 3 rings (SSSR count). The van der Waals surface area contributed by atoms with E-state index in [0.29, 0.717) is 5.76 Å². The summed E-state index contributed by atoms with van der Waals surface area (Å²) < 4.78 is 32.9. The molecule has 0 atom stereocenters. The number of nitrogens with one attached hydrogen (secondary N) is 2. The average Bonchev–Trinajstić information content (AvgIpc) is 3.04. The molecule has 2 heterocycles. The van der Waals surface area contributed by atoms with Gasteiger partial charge in [0, 0.05) is 16.7 Å². The van der Waals surface area contributed by atoms with Gasteiger partial charge in [-0.05, 0) is 30.3 Å². The van der Waals surface area contributed by atoms with Gasteiger partial charge in [0.15, 0.2) is 0 Å². The van der Waals surface area contributed by atoms with Crippen molar-refractivity contribution in [1.29, 1.82) is 0 Å². The van der Waals surface area contributed by atoms with Crippen LogP contribution in [0, 0.1) is 0 Å². The van der Waals surface area contributed by atoms with Crippen molar-refractivity contribution in [3.63, 3.8) is 0 Å². The molecule has 6 nitrogen and oxygen atoms in total. The second-order valence-electron chi connectivity index (χ2n) is 4.88. The molecule has 0 spiro atoms. The van der Waals surface area contributed by atoms with E-state index in [4.69, 9.17) is 4.42 Å². The Morgan fingerprint density at radius 1 is 1.26 bits per heavy atom. The van der Waals surface area contributed by atoms with Crippen molar-refractivity contribution in [1.82, 2.24) is 10.6 Å². The monoisotopic (exact) mass is 320 g/mol. The first-order valence-corrected chi connectivity index (χ1v) is 6.58. The lowest BCUT2D eigenvalue weighted by Crippen LogP contribution is -2.47. The van der Waals surface area contributed by atoms with Gasteiger partial charge in [0.2, 0.25) is 0 Å². The van der Waals surface area contributed by atoms with Crippen molar-refractivity contribution in [2.75, 3.05) is 0 Å². The number of carbonyl (C=O) groups is 3. The highest BCUT2D eigenvalue weighted by Gasteiger charge is 2.48. The fourth-order valence-electron chi connectivity index (χ4n) is 2.20. The molecule has 1 aromatic heterocycles. The van der Waals surface area contributed by atoms with E-state index < -0.39 is 29.2 Å². The Balaban J connectivity index is 1.88. The molecule has 1 aromatic carbocycles. The van der Waals surface area contributed by atoms with E-state index in [1.165, 1.54) is 12.3 Å². The summed E-state index contributed by atoms with van der Waals surface area (Å²) in [6.07, 6.45) is 1.44. The van der Waals surface area contributed by atoms with Crippen LogP contribution in [0.2, 0.25) is 0 Å². The Hall–Kier alpha value is -3.03. The molecule has 2 N–H and O–H groups in total. The van der Waals surface area contributed by atoms with E-state index in [0.717, 1.165) is 12.1 Å². The number of halogens is 2. The van der Waals surface area contributed by atoms with Crippen LogP contribution in [0.4, 0.5) is 8.78 Å². The molecule has 1 aliphatic rings. The number of furan rings is 1. The standard InChI is InChI=1S/C15H10F2N2O4/c16-15(17)11-6-8(3-4-10(11)13(21)19-14(15)22)12(20)18-7-9-2-1-5-23-9/h1-6H,7H2,(H,18,20)(H,19,21,22). The Labute approximate surface area is 128 Å². The summed E-state index contributed by atoms with van der Waals surface area (Å²) in [6, 6.07) is 6.47. The minimum atomic E-state index is -3.87. The molecule has 8 heteroatoms. The fourth-order valence-corrected chi connectivity index (χ4v) is 2.20. The number of hydrogen-bond acceptors (Lipinski definition) is 4. The normalized spacial score (nSPS) is 15.7. The van der Waals surface area contributed by atoms with Crippen LogP contribution in [-0.4, -0.2) is 17.7 Å². The third-order valence-corrected chi connectivity index (χ3v) is 3.38. The molecular weight excluding hydrogens is 310 g/mol. The molecule has 118 valence electrons. The van der Waals surface area contributed by atoms with Gasteiger partial charge >= 0.3 is 11.8 Å². The molecule has 1 aliphatic heterocycles. The van der Waals surface area contributed by atoms with Gasteiger partial charge in [0.1, 0.15) is 5.76 Å². The zero-order valence-corrected chi connectivity index (χ0v) is 11.6. The summed E-state index contributed by atoms with van der Waals surface area (Å²) in [4.78, 5) is 34.8. The molecule has 0 aliphatic carbocycles. The van der Waals surface area contributed by atoms with E-state index in [2.05, 4.69) is 5.32 Å². The zero-order valence-electron chi connectivity index (χ0n) is 11.6. The number of fused-ring (bicyclic) bond motifs is 1. The third kappa shape index (κ3) is 2.59. The van der Waals surface area contributed by atoms with Crippen LogP contribution >= 0.6 is 0 Å². The van der Waals surface area contributed by atoms with Crippen LogP contribution in [-0.2, 0) is 17.3 Å². The average molecular weight is 320 g/mol. The number of carbonyl (C=O) groups excluding carboxylic acids is 3. The Morgan fingerprint density at radius 2 is 2.04 bits per heavy atom. The van der Waals surface area contributed by atoms with Crippen molar-refractivity contribution >= 4 is 17.7 Å². The quantitative estimate of drug-likeness (QED) is 0.840. The van der Waals surface area contributed by atoms with Gasteiger partial charge in [-0.3, -0.25) is 19.7 Å². The third-order valence-electron chi connectivity index (χ3n) is 3.38. The number of rotatable bonds is 3. The molecule has 0 saturated heterocycles. The molecule has 0 unspecified atom stereocenters. The number of alkyl halides is 2. The number of amides is 3. The zero-order chi connectivity index (χ0) is 16.6. The van der Waals surface area contributed by atoms with Crippen molar-refractivity contribution < 1.29 is 27.6 Å². The van der Waals surface area contributed by atoms with E-state index in [-0.39, 0.29) is 17.7 Å². The first kappa shape index (κ1) is 14.9. The van der Waals surface area contributed by atoms with Gasteiger partial charge in [0.25, 0.3) is 11.8 Å². The van der Waals surface area contributed by atoms with Crippen molar-refractivity contribution in [2.45, 2.75) is 12.5 Å². The van der Waals surface area contributed by atoms with Crippen LogP contribution in [0.5, 0.6) is 0 Å². The molecule has 0 fully saturated rings. The predicted molar refractivity (Wildman–Crippen MR) is 72.7 cm³/mol. The van der Waals surface area contributed by atoms with Crippen LogP contribution in [0.3, 0.4) is 0 Å². The summed E-state index contributed by atoms with van der Waals surface area (Å²) in [6.45, 7) is 0.0821. The second kappa shape index (κ2) is 5.31. The van der Waals surface area contributed by atoms with E-state index in [9.17, 15) is 23.2 Å². The summed E-state index contributed by atoms with van der Waals surface area (Å²) in [7, 11) is 0. The van der Waals surface area contributed by atoms with Gasteiger partial charge in [-0.15, -0.1) is 0 Å². The Kier molecular flexibility index (Phi) is 3.44. The number of imide groups is 1. The van der Waals surface area contributed by atoms with Crippen molar-refractivity contribution in [2.24, 2.45) is 0 Å². The minimum Gasteiger partial charge on any atom is -0.467 e. The van der Waals surface area contributed by atoms with Gasteiger partial charge in [-0.25, -0.2) is 0 Å². The van der Waals surface area contributed by atoms with Crippen LogP contribution < -0.4 is 10.6 Å². The molecule has 23 heavy (non-hydrogen) atoms.